The maximum atomic E-state index is 11.9. The molecule has 0 aliphatic rings. The van der Waals surface area contributed by atoms with Gasteiger partial charge in [-0.2, -0.15) is 0 Å². The zero-order valence-corrected chi connectivity index (χ0v) is 15.1. The van der Waals surface area contributed by atoms with E-state index in [1.165, 1.54) is 24.3 Å². The van der Waals surface area contributed by atoms with E-state index in [4.69, 9.17) is 9.88 Å². The molecule has 0 radical (unpaired) electrons. The Morgan fingerprint density at radius 2 is 1.73 bits per heavy atom. The highest BCUT2D eigenvalue weighted by molar-refractivity contribution is 7.89. The van der Waals surface area contributed by atoms with Crippen LogP contribution in [0, 0.1) is 6.92 Å². The lowest BCUT2D eigenvalue weighted by Gasteiger charge is -2.08. The van der Waals surface area contributed by atoms with Crippen molar-refractivity contribution in [1.29, 1.82) is 0 Å². The second-order valence-corrected chi connectivity index (χ2v) is 7.23. The van der Waals surface area contributed by atoms with Crippen molar-refractivity contribution in [1.82, 2.24) is 5.32 Å². The first-order valence-corrected chi connectivity index (χ1v) is 9.43. The molecule has 0 aliphatic carbocycles. The van der Waals surface area contributed by atoms with Gasteiger partial charge in [0.1, 0.15) is 0 Å². The molecular weight excluding hydrogens is 356 g/mol. The lowest BCUT2D eigenvalue weighted by atomic mass is 10.1. The monoisotopic (exact) mass is 376 g/mol. The number of nitrogens with two attached hydrogens (primary N) is 1. The van der Waals surface area contributed by atoms with E-state index >= 15 is 0 Å². The van der Waals surface area contributed by atoms with Gasteiger partial charge in [-0.05, 0) is 48.7 Å². The Kier molecular flexibility index (Phi) is 6.48. The molecule has 7 nitrogen and oxygen atoms in total. The van der Waals surface area contributed by atoms with Crippen molar-refractivity contribution in [2.45, 2.75) is 18.2 Å². The van der Waals surface area contributed by atoms with Gasteiger partial charge in [-0.25, -0.2) is 18.4 Å². The summed E-state index contributed by atoms with van der Waals surface area (Å²) in [6, 6.07) is 12.8. The van der Waals surface area contributed by atoms with E-state index in [-0.39, 0.29) is 10.5 Å². The SMILES string of the molecule is Cc1ccccc1CCNC(=O)COC(=O)c1ccc(S(N)(=O)=O)cc1. The molecule has 0 fully saturated rings. The number of benzene rings is 2. The Hall–Kier alpha value is -2.71. The Bertz CT molecular complexity index is 892. The number of ether oxygens (including phenoxy) is 1. The minimum atomic E-state index is -3.82. The highest BCUT2D eigenvalue weighted by Gasteiger charge is 2.12. The zero-order valence-electron chi connectivity index (χ0n) is 14.3. The minimum Gasteiger partial charge on any atom is -0.452 e. The number of amides is 1. The van der Waals surface area contributed by atoms with Crippen molar-refractivity contribution < 1.29 is 22.7 Å². The Balaban J connectivity index is 1.78. The number of esters is 1. The number of aryl methyl sites for hydroxylation is 1. The number of hydrogen-bond donors (Lipinski definition) is 2. The summed E-state index contributed by atoms with van der Waals surface area (Å²) >= 11 is 0. The molecule has 26 heavy (non-hydrogen) atoms. The van der Waals surface area contributed by atoms with Crippen molar-refractivity contribution in [3.05, 3.63) is 65.2 Å². The summed E-state index contributed by atoms with van der Waals surface area (Å²) in [7, 11) is -3.82. The minimum absolute atomic E-state index is 0.108. The van der Waals surface area contributed by atoms with Crippen LogP contribution in [0.4, 0.5) is 0 Å². The molecule has 138 valence electrons. The summed E-state index contributed by atoms with van der Waals surface area (Å²) in [6.07, 6.45) is 0.682. The maximum Gasteiger partial charge on any atom is 0.338 e. The summed E-state index contributed by atoms with van der Waals surface area (Å²) in [4.78, 5) is 23.5. The number of sulfonamides is 1. The lowest BCUT2D eigenvalue weighted by Crippen LogP contribution is -2.30. The predicted molar refractivity (Wildman–Crippen MR) is 96.0 cm³/mol. The highest BCUT2D eigenvalue weighted by Crippen LogP contribution is 2.10. The fraction of sp³-hybridized carbons (Fsp3) is 0.222. The van der Waals surface area contributed by atoms with Crippen LogP contribution in [0.15, 0.2) is 53.4 Å². The second kappa shape index (κ2) is 8.59. The first-order valence-electron chi connectivity index (χ1n) is 7.88. The summed E-state index contributed by atoms with van der Waals surface area (Å²) in [5.41, 5.74) is 2.42. The molecule has 0 bridgehead atoms. The molecule has 0 aliphatic heterocycles. The van der Waals surface area contributed by atoms with E-state index in [2.05, 4.69) is 5.32 Å². The van der Waals surface area contributed by atoms with Crippen LogP contribution >= 0.6 is 0 Å². The summed E-state index contributed by atoms with van der Waals surface area (Å²) in [5.74, 6) is -1.13. The summed E-state index contributed by atoms with van der Waals surface area (Å²) < 4.78 is 27.2. The van der Waals surface area contributed by atoms with Gasteiger partial charge in [-0.1, -0.05) is 24.3 Å². The fourth-order valence-electron chi connectivity index (χ4n) is 2.27. The average Bonchev–Trinajstić information content (AvgIpc) is 2.60. The van der Waals surface area contributed by atoms with Crippen LogP contribution in [0.2, 0.25) is 0 Å². The average molecular weight is 376 g/mol. The van der Waals surface area contributed by atoms with Crippen LogP contribution in [0.5, 0.6) is 0 Å². The quantitative estimate of drug-likeness (QED) is 0.704. The van der Waals surface area contributed by atoms with Crippen molar-refractivity contribution in [3.8, 4) is 0 Å². The van der Waals surface area contributed by atoms with Gasteiger partial charge in [0.05, 0.1) is 10.5 Å². The van der Waals surface area contributed by atoms with Gasteiger partial charge in [0, 0.05) is 6.54 Å². The van der Waals surface area contributed by atoms with Crippen LogP contribution in [0.1, 0.15) is 21.5 Å². The zero-order chi connectivity index (χ0) is 19.2. The van der Waals surface area contributed by atoms with E-state index < -0.39 is 28.5 Å². The van der Waals surface area contributed by atoms with Crippen molar-refractivity contribution in [2.75, 3.05) is 13.2 Å². The Morgan fingerprint density at radius 3 is 2.35 bits per heavy atom. The van der Waals surface area contributed by atoms with E-state index in [1.54, 1.807) is 0 Å². The largest absolute Gasteiger partial charge is 0.452 e. The third kappa shape index (κ3) is 5.68. The first-order chi connectivity index (χ1) is 12.3. The molecule has 8 heteroatoms. The number of carbonyl (C=O) groups excluding carboxylic acids is 2. The molecule has 3 N–H and O–H groups in total. The van der Waals surface area contributed by atoms with E-state index in [9.17, 15) is 18.0 Å². The maximum absolute atomic E-state index is 11.9. The van der Waals surface area contributed by atoms with Crippen LogP contribution in [0.25, 0.3) is 0 Å². The van der Waals surface area contributed by atoms with Crippen LogP contribution < -0.4 is 10.5 Å². The molecule has 0 atom stereocenters. The first kappa shape index (κ1) is 19.6. The number of primary sulfonamides is 1. The van der Waals surface area contributed by atoms with E-state index in [0.717, 1.165) is 11.1 Å². The van der Waals surface area contributed by atoms with Gasteiger partial charge < -0.3 is 10.1 Å². The van der Waals surface area contributed by atoms with Gasteiger partial charge in [-0.3, -0.25) is 4.79 Å². The van der Waals surface area contributed by atoms with Gasteiger partial charge in [-0.15, -0.1) is 0 Å². The molecule has 2 aromatic rings. The smallest absolute Gasteiger partial charge is 0.338 e. The molecule has 2 aromatic carbocycles. The van der Waals surface area contributed by atoms with Crippen molar-refractivity contribution in [2.24, 2.45) is 5.14 Å². The molecule has 0 spiro atoms. The molecule has 1 amide bonds. The van der Waals surface area contributed by atoms with E-state index in [0.29, 0.717) is 13.0 Å². The van der Waals surface area contributed by atoms with Crippen LogP contribution in [-0.4, -0.2) is 33.4 Å². The van der Waals surface area contributed by atoms with E-state index in [1.807, 2.05) is 31.2 Å². The van der Waals surface area contributed by atoms with Crippen LogP contribution in [-0.2, 0) is 26.0 Å². The van der Waals surface area contributed by atoms with Gasteiger partial charge in [0.25, 0.3) is 5.91 Å². The fourth-order valence-corrected chi connectivity index (χ4v) is 2.79. The molecule has 0 saturated heterocycles. The third-order valence-corrected chi connectivity index (χ3v) is 4.66. The summed E-state index contributed by atoms with van der Waals surface area (Å²) in [5, 5.41) is 7.66. The highest BCUT2D eigenvalue weighted by atomic mass is 32.2. The third-order valence-electron chi connectivity index (χ3n) is 3.73. The summed E-state index contributed by atoms with van der Waals surface area (Å²) in [6.45, 7) is 2.02. The van der Waals surface area contributed by atoms with Crippen LogP contribution in [0.3, 0.4) is 0 Å². The van der Waals surface area contributed by atoms with Crippen molar-refractivity contribution >= 4 is 21.9 Å². The number of hydrogen-bond acceptors (Lipinski definition) is 5. The normalized spacial score (nSPS) is 11.0. The Morgan fingerprint density at radius 1 is 1.08 bits per heavy atom. The lowest BCUT2D eigenvalue weighted by molar-refractivity contribution is -0.124. The standard InChI is InChI=1S/C18H20N2O5S/c1-13-4-2-3-5-14(13)10-11-20-17(21)12-25-18(22)15-6-8-16(9-7-15)26(19,23)24/h2-9H,10-12H2,1H3,(H,20,21)(H2,19,23,24). The topological polar surface area (TPSA) is 116 Å². The molecule has 0 unspecified atom stereocenters. The van der Waals surface area contributed by atoms with Gasteiger partial charge >= 0.3 is 5.97 Å². The number of nitrogens with one attached hydrogen (secondary N) is 1. The molecule has 0 heterocycles. The Labute approximate surface area is 152 Å². The molecule has 0 aromatic heterocycles. The second-order valence-electron chi connectivity index (χ2n) is 5.67. The molecule has 2 rings (SSSR count). The number of rotatable bonds is 7. The van der Waals surface area contributed by atoms with Gasteiger partial charge in [0.2, 0.25) is 10.0 Å². The predicted octanol–water partition coefficient (Wildman–Crippen LogP) is 1.16. The van der Waals surface area contributed by atoms with Crippen molar-refractivity contribution in [3.63, 3.8) is 0 Å². The molecule has 0 saturated carbocycles. The molecular formula is C18H20N2O5S. The number of carbonyl (C=O) groups is 2. The van der Waals surface area contributed by atoms with Gasteiger partial charge in [0.15, 0.2) is 6.61 Å².